The highest BCUT2D eigenvalue weighted by Crippen LogP contribution is 2.58. The Hall–Kier alpha value is -1.00. The van der Waals surface area contributed by atoms with Crippen molar-refractivity contribution in [1.29, 1.82) is 0 Å². The Morgan fingerprint density at radius 2 is 1.91 bits per heavy atom. The van der Waals surface area contributed by atoms with Crippen molar-refractivity contribution >= 4 is 0 Å². The van der Waals surface area contributed by atoms with Gasteiger partial charge in [0.25, 0.3) is 0 Å². The SMILES string of the molecule is CC(C)[C@]12C[C@@H](OCc3c(F)cccc3F)[C@](C)(CC1C)O2. The van der Waals surface area contributed by atoms with Crippen molar-refractivity contribution < 1.29 is 18.3 Å². The molecule has 4 heteroatoms. The van der Waals surface area contributed by atoms with Crippen LogP contribution in [0.3, 0.4) is 0 Å². The molecule has 1 aromatic carbocycles. The monoisotopic (exact) mass is 310 g/mol. The van der Waals surface area contributed by atoms with Crippen LogP contribution in [0.25, 0.3) is 0 Å². The Morgan fingerprint density at radius 3 is 2.45 bits per heavy atom. The average molecular weight is 310 g/mol. The predicted octanol–water partition coefficient (Wildman–Crippen LogP) is 4.46. The van der Waals surface area contributed by atoms with Crippen LogP contribution in [0, 0.1) is 23.5 Å². The molecule has 2 bridgehead atoms. The molecule has 0 aromatic heterocycles. The third kappa shape index (κ3) is 2.28. The van der Waals surface area contributed by atoms with E-state index in [0.717, 1.165) is 12.8 Å². The fourth-order valence-electron chi connectivity index (χ4n) is 4.31. The van der Waals surface area contributed by atoms with Crippen LogP contribution in [0.1, 0.15) is 46.1 Å². The molecule has 0 N–H and O–H groups in total. The van der Waals surface area contributed by atoms with Crippen LogP contribution in [-0.2, 0) is 16.1 Å². The zero-order valence-electron chi connectivity index (χ0n) is 13.7. The molecule has 4 atom stereocenters. The summed E-state index contributed by atoms with van der Waals surface area (Å²) in [5, 5.41) is 0. The van der Waals surface area contributed by atoms with Crippen molar-refractivity contribution in [2.75, 3.05) is 0 Å². The lowest BCUT2D eigenvalue weighted by atomic mass is 9.69. The van der Waals surface area contributed by atoms with E-state index in [9.17, 15) is 8.78 Å². The molecular formula is C18H24F2O2. The van der Waals surface area contributed by atoms with Crippen LogP contribution in [-0.4, -0.2) is 17.3 Å². The van der Waals surface area contributed by atoms with Crippen LogP contribution in [0.2, 0.25) is 0 Å². The molecule has 1 unspecified atom stereocenters. The number of ether oxygens (including phenoxy) is 2. The second kappa shape index (κ2) is 5.27. The van der Waals surface area contributed by atoms with Crippen molar-refractivity contribution in [3.05, 3.63) is 35.4 Å². The lowest BCUT2D eigenvalue weighted by molar-refractivity contribution is -0.0994. The van der Waals surface area contributed by atoms with Gasteiger partial charge in [0.05, 0.1) is 23.9 Å². The quantitative estimate of drug-likeness (QED) is 0.817. The molecule has 22 heavy (non-hydrogen) atoms. The summed E-state index contributed by atoms with van der Waals surface area (Å²) in [6.07, 6.45) is 1.60. The molecule has 2 aliphatic rings. The molecule has 2 aliphatic heterocycles. The first kappa shape index (κ1) is 15.9. The lowest BCUT2D eigenvalue weighted by Gasteiger charge is -2.36. The van der Waals surface area contributed by atoms with Crippen LogP contribution >= 0.6 is 0 Å². The summed E-state index contributed by atoms with van der Waals surface area (Å²) in [6, 6.07) is 3.89. The van der Waals surface area contributed by atoms with Crippen molar-refractivity contribution in [1.82, 2.24) is 0 Å². The summed E-state index contributed by atoms with van der Waals surface area (Å²) in [6.45, 7) is 8.56. The van der Waals surface area contributed by atoms with Crippen LogP contribution < -0.4 is 0 Å². The highest BCUT2D eigenvalue weighted by molar-refractivity contribution is 5.19. The number of benzene rings is 1. The highest BCUT2D eigenvalue weighted by Gasteiger charge is 2.64. The maximum absolute atomic E-state index is 13.7. The molecule has 0 radical (unpaired) electrons. The fraction of sp³-hybridized carbons (Fsp3) is 0.667. The van der Waals surface area contributed by atoms with Crippen molar-refractivity contribution in [2.24, 2.45) is 11.8 Å². The molecule has 0 saturated carbocycles. The van der Waals surface area contributed by atoms with Gasteiger partial charge < -0.3 is 9.47 Å². The summed E-state index contributed by atoms with van der Waals surface area (Å²) < 4.78 is 39.7. The number of hydrogen-bond acceptors (Lipinski definition) is 2. The largest absolute Gasteiger partial charge is 0.370 e. The summed E-state index contributed by atoms with van der Waals surface area (Å²) >= 11 is 0. The van der Waals surface area contributed by atoms with Gasteiger partial charge in [-0.15, -0.1) is 0 Å². The topological polar surface area (TPSA) is 18.5 Å². The standard InChI is InChI=1S/C18H24F2O2/c1-11(2)18-9-16(17(4,22-18)8-12(18)3)21-10-13-14(19)6-5-7-15(13)20/h5-7,11-12,16H,8-10H2,1-4H3/t12?,16-,17+,18-/m1/s1. The fourth-order valence-corrected chi connectivity index (χ4v) is 4.31. The molecule has 0 spiro atoms. The molecule has 1 aromatic rings. The summed E-state index contributed by atoms with van der Waals surface area (Å²) in [7, 11) is 0. The Labute approximate surface area is 130 Å². The molecule has 2 saturated heterocycles. The molecule has 3 rings (SSSR count). The maximum Gasteiger partial charge on any atom is 0.131 e. The number of hydrogen-bond donors (Lipinski definition) is 0. The molecule has 2 heterocycles. The van der Waals surface area contributed by atoms with Gasteiger partial charge in [0.2, 0.25) is 0 Å². The van der Waals surface area contributed by atoms with E-state index in [-0.39, 0.29) is 29.5 Å². The zero-order chi connectivity index (χ0) is 16.1. The van der Waals surface area contributed by atoms with Gasteiger partial charge in [-0.1, -0.05) is 26.8 Å². The van der Waals surface area contributed by atoms with E-state index in [4.69, 9.17) is 9.47 Å². The lowest BCUT2D eigenvalue weighted by Crippen LogP contribution is -2.43. The average Bonchev–Trinajstić information content (AvgIpc) is 2.86. The number of fused-ring (bicyclic) bond motifs is 2. The van der Waals surface area contributed by atoms with E-state index in [1.165, 1.54) is 18.2 Å². The molecule has 2 fully saturated rings. The van der Waals surface area contributed by atoms with Gasteiger partial charge in [0.1, 0.15) is 11.6 Å². The smallest absolute Gasteiger partial charge is 0.131 e. The van der Waals surface area contributed by atoms with Crippen LogP contribution in [0.15, 0.2) is 18.2 Å². The van der Waals surface area contributed by atoms with Crippen molar-refractivity contribution in [2.45, 2.75) is 64.4 Å². The minimum atomic E-state index is -0.554. The molecular weight excluding hydrogens is 286 g/mol. The first-order chi connectivity index (χ1) is 10.3. The Bertz CT molecular complexity index is 554. The van der Waals surface area contributed by atoms with E-state index < -0.39 is 11.6 Å². The van der Waals surface area contributed by atoms with E-state index >= 15 is 0 Å². The van der Waals surface area contributed by atoms with E-state index in [2.05, 4.69) is 27.7 Å². The van der Waals surface area contributed by atoms with Crippen molar-refractivity contribution in [3.8, 4) is 0 Å². The second-order valence-corrected chi connectivity index (χ2v) is 7.33. The Morgan fingerprint density at radius 1 is 1.27 bits per heavy atom. The predicted molar refractivity (Wildman–Crippen MR) is 80.4 cm³/mol. The van der Waals surface area contributed by atoms with Gasteiger partial charge in [-0.2, -0.15) is 0 Å². The second-order valence-electron chi connectivity index (χ2n) is 7.33. The first-order valence-corrected chi connectivity index (χ1v) is 8.03. The normalized spacial score (nSPS) is 37.2. The molecule has 2 nitrogen and oxygen atoms in total. The van der Waals surface area contributed by atoms with Gasteiger partial charge >= 0.3 is 0 Å². The third-order valence-corrected chi connectivity index (χ3v) is 5.62. The minimum absolute atomic E-state index is 0.000480. The maximum atomic E-state index is 13.7. The molecule has 0 amide bonds. The minimum Gasteiger partial charge on any atom is -0.370 e. The van der Waals surface area contributed by atoms with E-state index in [1.807, 2.05) is 0 Å². The summed E-state index contributed by atoms with van der Waals surface area (Å²) in [4.78, 5) is 0. The van der Waals surface area contributed by atoms with E-state index in [1.54, 1.807) is 0 Å². The number of halogens is 2. The van der Waals surface area contributed by atoms with Gasteiger partial charge in [0.15, 0.2) is 0 Å². The van der Waals surface area contributed by atoms with Gasteiger partial charge in [-0.3, -0.25) is 0 Å². The summed E-state index contributed by atoms with van der Waals surface area (Å²) in [5.41, 5.74) is -0.529. The Kier molecular flexibility index (Phi) is 3.81. The molecule has 122 valence electrons. The van der Waals surface area contributed by atoms with Crippen LogP contribution in [0.4, 0.5) is 8.78 Å². The van der Waals surface area contributed by atoms with E-state index in [0.29, 0.717) is 11.8 Å². The summed E-state index contributed by atoms with van der Waals surface area (Å²) in [5.74, 6) is -0.243. The molecule has 0 aliphatic carbocycles. The van der Waals surface area contributed by atoms with Gasteiger partial charge in [0, 0.05) is 12.0 Å². The number of rotatable bonds is 4. The van der Waals surface area contributed by atoms with Gasteiger partial charge in [-0.25, -0.2) is 8.78 Å². The van der Waals surface area contributed by atoms with Crippen molar-refractivity contribution in [3.63, 3.8) is 0 Å². The highest BCUT2D eigenvalue weighted by atomic mass is 19.1. The zero-order valence-corrected chi connectivity index (χ0v) is 13.7. The Balaban J connectivity index is 1.75. The third-order valence-electron chi connectivity index (χ3n) is 5.62. The van der Waals surface area contributed by atoms with Crippen LogP contribution in [0.5, 0.6) is 0 Å². The van der Waals surface area contributed by atoms with Gasteiger partial charge in [-0.05, 0) is 37.3 Å². The first-order valence-electron chi connectivity index (χ1n) is 8.03.